The highest BCUT2D eigenvalue weighted by atomic mass is 32.2. The Hall–Kier alpha value is -3.20. The molecule has 0 saturated carbocycles. The molecule has 0 bridgehead atoms. The van der Waals surface area contributed by atoms with E-state index in [0.29, 0.717) is 34.5 Å². The van der Waals surface area contributed by atoms with Gasteiger partial charge in [0, 0.05) is 17.7 Å². The van der Waals surface area contributed by atoms with Crippen LogP contribution in [0.25, 0.3) is 11.4 Å². The topological polar surface area (TPSA) is 84.7 Å². The predicted octanol–water partition coefficient (Wildman–Crippen LogP) is 3.69. The van der Waals surface area contributed by atoms with Gasteiger partial charge in [0.1, 0.15) is 0 Å². The Kier molecular flexibility index (Phi) is 5.80. The Labute approximate surface area is 178 Å². The van der Waals surface area contributed by atoms with Gasteiger partial charge in [-0.1, -0.05) is 11.8 Å². The molecule has 8 nitrogen and oxygen atoms in total. The van der Waals surface area contributed by atoms with E-state index < -0.39 is 0 Å². The van der Waals surface area contributed by atoms with Gasteiger partial charge in [0.25, 0.3) is 0 Å². The maximum absolute atomic E-state index is 12.7. The standard InChI is InChI=1S/C21H21N3O5S/c1-4-24-20(14-6-8-17-19(10-14)29-12-28-17)22-23-21(24)30-11-15(25)13-5-7-16(26-2)18(9-13)27-3/h5-10H,4,11-12H2,1-3H3. The number of carbonyl (C=O) groups excluding carboxylic acids is 1. The summed E-state index contributed by atoms with van der Waals surface area (Å²) in [6, 6.07) is 10.8. The van der Waals surface area contributed by atoms with Gasteiger partial charge in [-0.2, -0.15) is 0 Å². The number of methoxy groups -OCH3 is 2. The highest BCUT2D eigenvalue weighted by Gasteiger charge is 2.19. The summed E-state index contributed by atoms with van der Waals surface area (Å²) in [6.45, 7) is 2.91. The number of hydrogen-bond acceptors (Lipinski definition) is 8. The van der Waals surface area contributed by atoms with E-state index in [-0.39, 0.29) is 18.3 Å². The molecule has 0 atom stereocenters. The molecule has 0 saturated heterocycles. The first-order valence-electron chi connectivity index (χ1n) is 9.35. The highest BCUT2D eigenvalue weighted by Crippen LogP contribution is 2.36. The van der Waals surface area contributed by atoms with Gasteiger partial charge in [0.2, 0.25) is 6.79 Å². The first-order chi connectivity index (χ1) is 14.6. The smallest absolute Gasteiger partial charge is 0.231 e. The van der Waals surface area contributed by atoms with Crippen molar-refractivity contribution in [2.45, 2.75) is 18.6 Å². The molecule has 4 rings (SSSR count). The van der Waals surface area contributed by atoms with E-state index in [1.54, 1.807) is 32.4 Å². The maximum Gasteiger partial charge on any atom is 0.231 e. The SMILES string of the molecule is CCn1c(SCC(=O)c2ccc(OC)c(OC)c2)nnc1-c1ccc2c(c1)OCO2. The second-order valence-corrected chi connectivity index (χ2v) is 7.34. The fraction of sp³-hybridized carbons (Fsp3) is 0.286. The lowest BCUT2D eigenvalue weighted by Gasteiger charge is -2.09. The van der Waals surface area contributed by atoms with Crippen LogP contribution in [0.5, 0.6) is 23.0 Å². The molecule has 2 heterocycles. The molecule has 0 radical (unpaired) electrons. The molecular formula is C21H21N3O5S. The van der Waals surface area contributed by atoms with Gasteiger partial charge in [0.05, 0.1) is 20.0 Å². The summed E-state index contributed by atoms with van der Waals surface area (Å²) in [5.41, 5.74) is 1.44. The van der Waals surface area contributed by atoms with Crippen molar-refractivity contribution in [2.75, 3.05) is 26.8 Å². The first kappa shape index (κ1) is 20.1. The summed E-state index contributed by atoms with van der Waals surface area (Å²) in [7, 11) is 3.10. The van der Waals surface area contributed by atoms with Gasteiger partial charge in [-0.05, 0) is 43.3 Å². The number of fused-ring (bicyclic) bond motifs is 1. The number of ketones is 1. The summed E-state index contributed by atoms with van der Waals surface area (Å²) in [5.74, 6) is 3.44. The lowest BCUT2D eigenvalue weighted by Crippen LogP contribution is -2.06. The van der Waals surface area contributed by atoms with Crippen LogP contribution >= 0.6 is 11.8 Å². The second kappa shape index (κ2) is 8.66. The molecule has 3 aromatic rings. The summed E-state index contributed by atoms with van der Waals surface area (Å²) in [4.78, 5) is 12.7. The third-order valence-electron chi connectivity index (χ3n) is 4.70. The number of nitrogens with zero attached hydrogens (tertiary/aromatic N) is 3. The zero-order valence-corrected chi connectivity index (χ0v) is 17.7. The van der Waals surface area contributed by atoms with Crippen LogP contribution in [0, 0.1) is 0 Å². The predicted molar refractivity (Wildman–Crippen MR) is 112 cm³/mol. The van der Waals surface area contributed by atoms with Crippen LogP contribution < -0.4 is 18.9 Å². The minimum Gasteiger partial charge on any atom is -0.493 e. The largest absolute Gasteiger partial charge is 0.493 e. The molecule has 0 fully saturated rings. The number of ether oxygens (including phenoxy) is 4. The molecule has 30 heavy (non-hydrogen) atoms. The number of aromatic nitrogens is 3. The van der Waals surface area contributed by atoms with Crippen LogP contribution in [-0.4, -0.2) is 47.3 Å². The molecular weight excluding hydrogens is 406 g/mol. The van der Waals surface area contributed by atoms with Crippen LogP contribution in [-0.2, 0) is 6.54 Å². The lowest BCUT2D eigenvalue weighted by molar-refractivity contribution is 0.102. The van der Waals surface area contributed by atoms with Crippen LogP contribution in [0.2, 0.25) is 0 Å². The van der Waals surface area contributed by atoms with Crippen LogP contribution in [0.1, 0.15) is 17.3 Å². The molecule has 0 spiro atoms. The summed E-state index contributed by atoms with van der Waals surface area (Å²) in [5, 5.41) is 9.30. The Bertz CT molecular complexity index is 1080. The Morgan fingerprint density at radius 1 is 1.07 bits per heavy atom. The molecule has 0 aliphatic carbocycles. The Morgan fingerprint density at radius 2 is 1.87 bits per heavy atom. The molecule has 9 heteroatoms. The minimum atomic E-state index is -0.0313. The molecule has 0 N–H and O–H groups in total. The number of carbonyl (C=O) groups is 1. The van der Waals surface area contributed by atoms with Crippen molar-refractivity contribution < 1.29 is 23.7 Å². The number of thioether (sulfide) groups is 1. The molecule has 0 amide bonds. The van der Waals surface area contributed by atoms with Crippen molar-refractivity contribution in [1.82, 2.24) is 14.8 Å². The monoisotopic (exact) mass is 427 g/mol. The van der Waals surface area contributed by atoms with Gasteiger partial charge >= 0.3 is 0 Å². The molecule has 1 aliphatic rings. The number of benzene rings is 2. The van der Waals surface area contributed by atoms with E-state index in [0.717, 1.165) is 17.1 Å². The molecule has 1 aromatic heterocycles. The maximum atomic E-state index is 12.7. The highest BCUT2D eigenvalue weighted by molar-refractivity contribution is 7.99. The second-order valence-electron chi connectivity index (χ2n) is 6.40. The van der Waals surface area contributed by atoms with Crippen molar-refractivity contribution in [3.63, 3.8) is 0 Å². The van der Waals surface area contributed by atoms with Crippen molar-refractivity contribution in [1.29, 1.82) is 0 Å². The van der Waals surface area contributed by atoms with Gasteiger partial charge in [-0.25, -0.2) is 0 Å². The number of Topliss-reactive ketones (excluding diaryl/α,β-unsaturated/α-hetero) is 1. The van der Waals surface area contributed by atoms with Gasteiger partial charge < -0.3 is 23.5 Å². The molecule has 2 aromatic carbocycles. The average molecular weight is 427 g/mol. The summed E-state index contributed by atoms with van der Waals surface area (Å²) in [6.07, 6.45) is 0. The van der Waals surface area contributed by atoms with Crippen molar-refractivity contribution in [3.8, 4) is 34.4 Å². The fourth-order valence-electron chi connectivity index (χ4n) is 3.15. The van der Waals surface area contributed by atoms with Crippen molar-refractivity contribution >= 4 is 17.5 Å². The summed E-state index contributed by atoms with van der Waals surface area (Å²) < 4.78 is 23.3. The minimum absolute atomic E-state index is 0.0313. The van der Waals surface area contributed by atoms with Gasteiger partial charge in [-0.3, -0.25) is 4.79 Å². The molecule has 1 aliphatic heterocycles. The fourth-order valence-corrected chi connectivity index (χ4v) is 4.05. The third kappa shape index (κ3) is 3.80. The Balaban J connectivity index is 1.51. The number of hydrogen-bond donors (Lipinski definition) is 0. The third-order valence-corrected chi connectivity index (χ3v) is 5.67. The summed E-state index contributed by atoms with van der Waals surface area (Å²) >= 11 is 1.35. The zero-order valence-electron chi connectivity index (χ0n) is 16.9. The van der Waals surface area contributed by atoms with Crippen LogP contribution in [0.4, 0.5) is 0 Å². The van der Waals surface area contributed by atoms with E-state index in [1.165, 1.54) is 11.8 Å². The van der Waals surface area contributed by atoms with Gasteiger partial charge in [0.15, 0.2) is 39.8 Å². The van der Waals surface area contributed by atoms with E-state index in [9.17, 15) is 4.79 Å². The van der Waals surface area contributed by atoms with Crippen LogP contribution in [0.15, 0.2) is 41.6 Å². The van der Waals surface area contributed by atoms with E-state index >= 15 is 0 Å². The lowest BCUT2D eigenvalue weighted by atomic mass is 10.1. The van der Waals surface area contributed by atoms with E-state index in [1.807, 2.05) is 29.7 Å². The first-order valence-corrected chi connectivity index (χ1v) is 10.3. The van der Waals surface area contributed by atoms with Crippen molar-refractivity contribution in [3.05, 3.63) is 42.0 Å². The van der Waals surface area contributed by atoms with Gasteiger partial charge in [-0.15, -0.1) is 10.2 Å². The van der Waals surface area contributed by atoms with E-state index in [4.69, 9.17) is 18.9 Å². The molecule has 0 unspecified atom stereocenters. The zero-order chi connectivity index (χ0) is 21.1. The normalized spacial score (nSPS) is 12.1. The molecule has 156 valence electrons. The number of rotatable bonds is 8. The van der Waals surface area contributed by atoms with Crippen molar-refractivity contribution in [2.24, 2.45) is 0 Å². The van der Waals surface area contributed by atoms with E-state index in [2.05, 4.69) is 10.2 Å². The average Bonchev–Trinajstić information content (AvgIpc) is 3.42. The Morgan fingerprint density at radius 3 is 2.63 bits per heavy atom. The quantitative estimate of drug-likeness (QED) is 0.398. The van der Waals surface area contributed by atoms with Crippen LogP contribution in [0.3, 0.4) is 0 Å².